The third-order valence-electron chi connectivity index (χ3n) is 2.74. The number of nitrogens with zero attached hydrogens (tertiary/aromatic N) is 3. The number of para-hydroxylation sites is 1. The van der Waals surface area contributed by atoms with Crippen molar-refractivity contribution in [3.8, 4) is 6.07 Å². The molecule has 0 radical (unpaired) electrons. The minimum atomic E-state index is 0.277. The van der Waals surface area contributed by atoms with E-state index in [2.05, 4.69) is 37.5 Å². The lowest BCUT2D eigenvalue weighted by Gasteiger charge is -2.00. The molecule has 1 aromatic heterocycles. The number of nitriles is 1. The number of fused-ring (bicyclic) bond motifs is 1. The van der Waals surface area contributed by atoms with Gasteiger partial charge in [0.25, 0.3) is 0 Å². The Bertz CT molecular complexity index is 813. The molecule has 3 aromatic rings. The normalized spacial score (nSPS) is 11.3. The van der Waals surface area contributed by atoms with Gasteiger partial charge in [0.05, 0.1) is 15.9 Å². The number of aromatic nitrogens is 1. The van der Waals surface area contributed by atoms with Crippen LogP contribution in [-0.4, -0.2) is 10.7 Å². The number of hydrazone groups is 1. The summed E-state index contributed by atoms with van der Waals surface area (Å²) in [5.41, 5.74) is 4.84. The first-order chi connectivity index (χ1) is 10.3. The largest absolute Gasteiger partial charge is 0.277 e. The van der Waals surface area contributed by atoms with Gasteiger partial charge in [0, 0.05) is 4.47 Å². The van der Waals surface area contributed by atoms with Crippen molar-refractivity contribution in [1.82, 2.24) is 4.98 Å². The summed E-state index contributed by atoms with van der Waals surface area (Å²) in [6.45, 7) is 0. The number of thiazole rings is 1. The van der Waals surface area contributed by atoms with E-state index < -0.39 is 0 Å². The molecular formula is C15H9BrN4S. The van der Waals surface area contributed by atoms with Crippen molar-refractivity contribution >= 4 is 48.9 Å². The van der Waals surface area contributed by atoms with E-state index in [1.807, 2.05) is 48.5 Å². The van der Waals surface area contributed by atoms with Crippen molar-refractivity contribution < 1.29 is 0 Å². The molecule has 102 valence electrons. The van der Waals surface area contributed by atoms with Gasteiger partial charge in [-0.3, -0.25) is 5.43 Å². The molecule has 1 N–H and O–H groups in total. The standard InChI is InChI=1S/C15H9BrN4S/c16-10-5-7-11(8-6-10)19-20-13(9-17)15-18-12-3-1-2-4-14(12)21-15/h1-8,19H. The molecule has 0 aliphatic rings. The molecule has 0 fully saturated rings. The van der Waals surface area contributed by atoms with Gasteiger partial charge in [0.2, 0.25) is 0 Å². The van der Waals surface area contributed by atoms with Crippen molar-refractivity contribution in [3.63, 3.8) is 0 Å². The van der Waals surface area contributed by atoms with E-state index in [-0.39, 0.29) is 5.71 Å². The molecule has 6 heteroatoms. The predicted octanol–water partition coefficient (Wildman–Crippen LogP) is 4.40. The Morgan fingerprint density at radius 3 is 2.67 bits per heavy atom. The molecule has 21 heavy (non-hydrogen) atoms. The zero-order valence-corrected chi connectivity index (χ0v) is 13.1. The van der Waals surface area contributed by atoms with Gasteiger partial charge in [-0.1, -0.05) is 28.1 Å². The van der Waals surface area contributed by atoms with Gasteiger partial charge in [0.15, 0.2) is 10.7 Å². The smallest absolute Gasteiger partial charge is 0.196 e. The number of halogens is 1. The SMILES string of the molecule is N#CC(=NNc1ccc(Br)cc1)c1nc2ccccc2s1. The van der Waals surface area contributed by atoms with Crippen LogP contribution in [0.1, 0.15) is 5.01 Å². The van der Waals surface area contributed by atoms with Crippen molar-refractivity contribution in [2.24, 2.45) is 5.10 Å². The Morgan fingerprint density at radius 2 is 1.95 bits per heavy atom. The highest BCUT2D eigenvalue weighted by atomic mass is 79.9. The Labute approximate surface area is 133 Å². The van der Waals surface area contributed by atoms with Crippen molar-refractivity contribution in [1.29, 1.82) is 5.26 Å². The first-order valence-electron chi connectivity index (χ1n) is 6.11. The molecular weight excluding hydrogens is 348 g/mol. The van der Waals surface area contributed by atoms with Crippen LogP contribution in [0.25, 0.3) is 10.2 Å². The van der Waals surface area contributed by atoms with Crippen LogP contribution in [0, 0.1) is 11.3 Å². The average Bonchev–Trinajstić information content (AvgIpc) is 2.93. The Hall–Kier alpha value is -2.23. The molecule has 0 atom stereocenters. The number of rotatable bonds is 3. The maximum absolute atomic E-state index is 9.27. The van der Waals surface area contributed by atoms with Gasteiger partial charge in [-0.25, -0.2) is 4.98 Å². The summed E-state index contributed by atoms with van der Waals surface area (Å²) in [5.74, 6) is 0. The number of hydrogen-bond acceptors (Lipinski definition) is 5. The van der Waals surface area contributed by atoms with Crippen LogP contribution in [0.5, 0.6) is 0 Å². The van der Waals surface area contributed by atoms with Crippen LogP contribution in [0.3, 0.4) is 0 Å². The molecule has 0 saturated carbocycles. The fourth-order valence-electron chi connectivity index (χ4n) is 1.74. The van der Waals surface area contributed by atoms with E-state index >= 15 is 0 Å². The van der Waals surface area contributed by atoms with Crippen molar-refractivity contribution in [3.05, 3.63) is 58.0 Å². The van der Waals surface area contributed by atoms with E-state index in [0.717, 1.165) is 20.4 Å². The van der Waals surface area contributed by atoms with Crippen LogP contribution >= 0.6 is 27.3 Å². The summed E-state index contributed by atoms with van der Waals surface area (Å²) in [6.07, 6.45) is 0. The second-order valence-corrected chi connectivity index (χ2v) is 6.12. The molecule has 3 rings (SSSR count). The topological polar surface area (TPSA) is 61.1 Å². The molecule has 0 unspecified atom stereocenters. The van der Waals surface area contributed by atoms with Gasteiger partial charge >= 0.3 is 0 Å². The molecule has 0 amide bonds. The maximum atomic E-state index is 9.27. The van der Waals surface area contributed by atoms with E-state index in [0.29, 0.717) is 5.01 Å². The lowest BCUT2D eigenvalue weighted by Crippen LogP contribution is -2.01. The van der Waals surface area contributed by atoms with Gasteiger partial charge in [-0.2, -0.15) is 10.4 Å². The number of hydrogen-bond donors (Lipinski definition) is 1. The van der Waals surface area contributed by atoms with E-state index in [4.69, 9.17) is 0 Å². The number of nitrogens with one attached hydrogen (secondary N) is 1. The van der Waals surface area contributed by atoms with Crippen LogP contribution in [-0.2, 0) is 0 Å². The van der Waals surface area contributed by atoms with E-state index in [1.54, 1.807) is 0 Å². The van der Waals surface area contributed by atoms with Crippen molar-refractivity contribution in [2.75, 3.05) is 5.43 Å². The van der Waals surface area contributed by atoms with Crippen LogP contribution < -0.4 is 5.43 Å². The quantitative estimate of drug-likeness (QED) is 0.558. The summed E-state index contributed by atoms with van der Waals surface area (Å²) in [7, 11) is 0. The summed E-state index contributed by atoms with van der Waals surface area (Å²) in [5, 5.41) is 14.0. The zero-order chi connectivity index (χ0) is 14.7. The predicted molar refractivity (Wildman–Crippen MR) is 89.5 cm³/mol. The van der Waals surface area contributed by atoms with Gasteiger partial charge in [0.1, 0.15) is 6.07 Å². The Kier molecular flexibility index (Phi) is 3.95. The average molecular weight is 357 g/mol. The maximum Gasteiger partial charge on any atom is 0.196 e. The Morgan fingerprint density at radius 1 is 1.19 bits per heavy atom. The summed E-state index contributed by atoms with van der Waals surface area (Å²) < 4.78 is 2.03. The molecule has 4 nitrogen and oxygen atoms in total. The third-order valence-corrected chi connectivity index (χ3v) is 4.32. The molecule has 0 aliphatic carbocycles. The van der Waals surface area contributed by atoms with Gasteiger partial charge in [-0.05, 0) is 36.4 Å². The lowest BCUT2D eigenvalue weighted by molar-refractivity contribution is 1.32. The summed E-state index contributed by atoms with van der Waals surface area (Å²) in [4.78, 5) is 4.43. The minimum Gasteiger partial charge on any atom is -0.277 e. The van der Waals surface area contributed by atoms with Gasteiger partial charge in [-0.15, -0.1) is 11.3 Å². The summed E-state index contributed by atoms with van der Waals surface area (Å²) in [6, 6.07) is 17.4. The van der Waals surface area contributed by atoms with E-state index in [9.17, 15) is 5.26 Å². The molecule has 1 heterocycles. The monoisotopic (exact) mass is 356 g/mol. The van der Waals surface area contributed by atoms with E-state index in [1.165, 1.54) is 11.3 Å². The second kappa shape index (κ2) is 6.04. The molecule has 0 saturated heterocycles. The minimum absolute atomic E-state index is 0.277. The second-order valence-electron chi connectivity index (χ2n) is 4.18. The van der Waals surface area contributed by atoms with Crippen molar-refractivity contribution in [2.45, 2.75) is 0 Å². The highest BCUT2D eigenvalue weighted by molar-refractivity contribution is 9.10. The van der Waals surface area contributed by atoms with Crippen LogP contribution in [0.2, 0.25) is 0 Å². The first-order valence-corrected chi connectivity index (χ1v) is 7.72. The number of anilines is 1. The lowest BCUT2D eigenvalue weighted by atomic mass is 10.3. The summed E-state index contributed by atoms with van der Waals surface area (Å²) >= 11 is 4.83. The first kappa shape index (κ1) is 13.7. The fraction of sp³-hybridized carbons (Fsp3) is 0. The van der Waals surface area contributed by atoms with Crippen LogP contribution in [0.15, 0.2) is 58.1 Å². The molecule has 0 aliphatic heterocycles. The Balaban J connectivity index is 1.89. The zero-order valence-electron chi connectivity index (χ0n) is 10.7. The highest BCUT2D eigenvalue weighted by Gasteiger charge is 2.09. The molecule has 2 aromatic carbocycles. The highest BCUT2D eigenvalue weighted by Crippen LogP contribution is 2.22. The fourth-order valence-corrected chi connectivity index (χ4v) is 2.91. The van der Waals surface area contributed by atoms with Crippen LogP contribution in [0.4, 0.5) is 5.69 Å². The number of benzene rings is 2. The molecule has 0 bridgehead atoms. The molecule has 0 spiro atoms. The van der Waals surface area contributed by atoms with Gasteiger partial charge < -0.3 is 0 Å². The third kappa shape index (κ3) is 3.10.